The fraction of sp³-hybridized carbons (Fsp3) is 0.250. The van der Waals surface area contributed by atoms with Gasteiger partial charge in [0.15, 0.2) is 23.0 Å². The fourth-order valence-electron chi connectivity index (χ4n) is 4.75. The van der Waals surface area contributed by atoms with Gasteiger partial charge in [-0.3, -0.25) is 9.59 Å². The minimum absolute atomic E-state index is 0.0155. The third-order valence-electron chi connectivity index (χ3n) is 6.83. The van der Waals surface area contributed by atoms with Crippen molar-refractivity contribution in [3.8, 4) is 28.7 Å². The smallest absolute Gasteiger partial charge is 0.338 e. The van der Waals surface area contributed by atoms with Gasteiger partial charge >= 0.3 is 5.97 Å². The van der Waals surface area contributed by atoms with Crippen molar-refractivity contribution in [3.05, 3.63) is 75.8 Å². The summed E-state index contributed by atoms with van der Waals surface area (Å²) in [4.78, 5) is 39.0. The van der Waals surface area contributed by atoms with Gasteiger partial charge in [-0.15, -0.1) is 0 Å². The zero-order valence-electron chi connectivity index (χ0n) is 21.2. The summed E-state index contributed by atoms with van der Waals surface area (Å²) in [5.74, 6) is -5.41. The van der Waals surface area contributed by atoms with Gasteiger partial charge in [0, 0.05) is 11.1 Å². The van der Waals surface area contributed by atoms with E-state index in [1.54, 1.807) is 6.92 Å². The maximum atomic E-state index is 13.4. The zero-order chi connectivity index (χ0) is 29.7. The number of ether oxygens (including phenoxy) is 3. The van der Waals surface area contributed by atoms with Gasteiger partial charge in [0.05, 0.1) is 16.7 Å². The Hall–Kier alpha value is -4.69. The molecule has 13 nitrogen and oxygen atoms in total. The predicted octanol–water partition coefficient (Wildman–Crippen LogP) is 0.636. The van der Waals surface area contributed by atoms with Crippen molar-refractivity contribution in [2.24, 2.45) is 0 Å². The molecule has 7 N–H and O–H groups in total. The molecule has 3 aromatic carbocycles. The van der Waals surface area contributed by atoms with E-state index in [0.717, 1.165) is 12.1 Å². The Morgan fingerprint density at radius 1 is 0.829 bits per heavy atom. The van der Waals surface area contributed by atoms with Crippen LogP contribution in [0.2, 0.25) is 0 Å². The summed E-state index contributed by atoms with van der Waals surface area (Å²) in [5.41, 5.74) is -0.232. The second kappa shape index (κ2) is 10.4. The molecule has 0 amide bonds. The van der Waals surface area contributed by atoms with Crippen LogP contribution in [0.1, 0.15) is 47.8 Å². The van der Waals surface area contributed by atoms with E-state index in [-0.39, 0.29) is 33.6 Å². The van der Waals surface area contributed by atoms with E-state index in [9.17, 15) is 50.1 Å². The predicted molar refractivity (Wildman–Crippen MR) is 135 cm³/mol. The van der Waals surface area contributed by atoms with Crippen LogP contribution in [0, 0.1) is 6.92 Å². The summed E-state index contributed by atoms with van der Waals surface area (Å²) >= 11 is 0. The number of esters is 1. The van der Waals surface area contributed by atoms with Crippen LogP contribution in [-0.4, -0.2) is 90.6 Å². The number of hydrogen-bond acceptors (Lipinski definition) is 13. The number of aryl methyl sites for hydroxylation is 1. The van der Waals surface area contributed by atoms with Crippen molar-refractivity contribution in [3.63, 3.8) is 0 Å². The van der Waals surface area contributed by atoms with Crippen LogP contribution in [0.5, 0.6) is 28.7 Å². The number of aliphatic hydroxyl groups is 3. The quantitative estimate of drug-likeness (QED) is 0.130. The molecule has 0 bridgehead atoms. The maximum absolute atomic E-state index is 13.4. The number of fused-ring (bicyclic) bond motifs is 2. The molecule has 1 fully saturated rings. The molecule has 5 rings (SSSR count). The van der Waals surface area contributed by atoms with E-state index in [1.165, 1.54) is 30.3 Å². The summed E-state index contributed by atoms with van der Waals surface area (Å²) in [5, 5.41) is 70.5. The Morgan fingerprint density at radius 2 is 1.51 bits per heavy atom. The number of ketones is 2. The molecule has 1 aliphatic carbocycles. The Labute approximate surface area is 231 Å². The molecule has 2 aliphatic rings. The van der Waals surface area contributed by atoms with E-state index in [0.29, 0.717) is 5.56 Å². The average molecular weight is 568 g/mol. The second-order valence-corrected chi connectivity index (χ2v) is 9.64. The van der Waals surface area contributed by atoms with Crippen molar-refractivity contribution in [1.82, 2.24) is 0 Å². The molecule has 0 aromatic heterocycles. The van der Waals surface area contributed by atoms with Crippen molar-refractivity contribution >= 4 is 17.5 Å². The molecule has 214 valence electrons. The van der Waals surface area contributed by atoms with Crippen LogP contribution >= 0.6 is 0 Å². The molecular formula is C28H24O13. The van der Waals surface area contributed by atoms with Gasteiger partial charge in [0.25, 0.3) is 0 Å². The largest absolute Gasteiger partial charge is 0.507 e. The van der Waals surface area contributed by atoms with Crippen molar-refractivity contribution in [2.45, 2.75) is 37.6 Å². The number of carbonyl (C=O) groups is 3. The van der Waals surface area contributed by atoms with Crippen molar-refractivity contribution in [1.29, 1.82) is 0 Å². The van der Waals surface area contributed by atoms with Crippen LogP contribution in [0.15, 0.2) is 42.5 Å². The normalized spacial score (nSPS) is 23.5. The van der Waals surface area contributed by atoms with Gasteiger partial charge in [0.2, 0.25) is 12.1 Å². The van der Waals surface area contributed by atoms with Gasteiger partial charge in [-0.25, -0.2) is 4.79 Å². The molecule has 41 heavy (non-hydrogen) atoms. The van der Waals surface area contributed by atoms with Crippen molar-refractivity contribution in [2.75, 3.05) is 6.61 Å². The first-order valence-electron chi connectivity index (χ1n) is 12.2. The molecule has 5 atom stereocenters. The lowest BCUT2D eigenvalue weighted by Gasteiger charge is -2.40. The van der Waals surface area contributed by atoms with Gasteiger partial charge in [0.1, 0.15) is 42.5 Å². The summed E-state index contributed by atoms with van der Waals surface area (Å²) in [6, 6.07) is 8.58. The van der Waals surface area contributed by atoms with Gasteiger partial charge in [-0.05, 0) is 42.8 Å². The molecule has 1 aliphatic heterocycles. The number of hydrogen-bond donors (Lipinski definition) is 7. The van der Waals surface area contributed by atoms with Crippen LogP contribution in [0.4, 0.5) is 0 Å². The Morgan fingerprint density at radius 3 is 2.20 bits per heavy atom. The Kier molecular flexibility index (Phi) is 7.05. The van der Waals surface area contributed by atoms with Gasteiger partial charge in [-0.2, -0.15) is 0 Å². The minimum atomic E-state index is -1.86. The first kappa shape index (κ1) is 27.9. The third-order valence-corrected chi connectivity index (χ3v) is 6.83. The highest BCUT2D eigenvalue weighted by atomic mass is 16.7. The lowest BCUT2D eigenvalue weighted by molar-refractivity contribution is -0.277. The standard InChI is InChI=1S/C28H24O13/c1-10-5-13-19(14(29)6-10)24(35)20-12(21(13)32)3-2-4-17(20)40-28-26(37)25(36)23(34)18(41-28)9-39-27(38)11-7-15(30)22(33)16(31)8-11/h2-8,18,23,25-26,28-31,33-34,36-37H,9H2,1H3/t18-,23-,25+,26-,28-/m1/s1. The summed E-state index contributed by atoms with van der Waals surface area (Å²) in [6.45, 7) is 0.956. The summed E-state index contributed by atoms with van der Waals surface area (Å²) in [7, 11) is 0. The topological polar surface area (TPSA) is 221 Å². The Bertz CT molecular complexity index is 1560. The van der Waals surface area contributed by atoms with E-state index >= 15 is 0 Å². The second-order valence-electron chi connectivity index (χ2n) is 9.64. The number of phenolic OH excluding ortho intramolecular Hbond substituents is 4. The highest BCUT2D eigenvalue weighted by Crippen LogP contribution is 2.39. The molecule has 3 aromatic rings. The third kappa shape index (κ3) is 4.80. The summed E-state index contributed by atoms with van der Waals surface area (Å²) in [6.07, 6.45) is -8.66. The first-order chi connectivity index (χ1) is 19.4. The van der Waals surface area contributed by atoms with Crippen molar-refractivity contribution < 1.29 is 64.3 Å². The number of carbonyl (C=O) groups excluding carboxylic acids is 3. The molecule has 0 saturated carbocycles. The SMILES string of the molecule is Cc1cc(O)c2c(c1)C(=O)c1cccc(O[C@@H]3O[C@H](COC(=O)c4cc(O)c(O)c(O)c4)[C@@H](O)[C@H](O)[C@H]3O)c1C2=O. The number of benzene rings is 3. The molecule has 13 heteroatoms. The number of aromatic hydroxyl groups is 4. The van der Waals surface area contributed by atoms with Gasteiger partial charge < -0.3 is 50.0 Å². The molecular weight excluding hydrogens is 544 g/mol. The highest BCUT2D eigenvalue weighted by Gasteiger charge is 2.46. The molecule has 1 saturated heterocycles. The fourth-order valence-corrected chi connectivity index (χ4v) is 4.75. The van der Waals surface area contributed by atoms with Crippen LogP contribution in [0.3, 0.4) is 0 Å². The van der Waals surface area contributed by atoms with Crippen LogP contribution < -0.4 is 4.74 Å². The lowest BCUT2D eigenvalue weighted by Crippen LogP contribution is -2.60. The van der Waals surface area contributed by atoms with Gasteiger partial charge in [-0.1, -0.05) is 12.1 Å². The molecule has 0 unspecified atom stereocenters. The first-order valence-corrected chi connectivity index (χ1v) is 12.2. The summed E-state index contributed by atoms with van der Waals surface area (Å²) < 4.78 is 16.3. The monoisotopic (exact) mass is 568 g/mol. The number of aliphatic hydroxyl groups excluding tert-OH is 3. The number of phenols is 4. The Balaban J connectivity index is 1.38. The molecule has 0 spiro atoms. The minimum Gasteiger partial charge on any atom is -0.507 e. The number of rotatable bonds is 5. The molecule has 0 radical (unpaired) electrons. The highest BCUT2D eigenvalue weighted by molar-refractivity contribution is 6.30. The zero-order valence-corrected chi connectivity index (χ0v) is 21.2. The van der Waals surface area contributed by atoms with E-state index < -0.39 is 77.8 Å². The van der Waals surface area contributed by atoms with E-state index in [1.807, 2.05) is 0 Å². The van der Waals surface area contributed by atoms with Crippen LogP contribution in [-0.2, 0) is 9.47 Å². The molecule has 1 heterocycles. The van der Waals surface area contributed by atoms with Crippen LogP contribution in [0.25, 0.3) is 0 Å². The average Bonchev–Trinajstić information content (AvgIpc) is 2.93. The lowest BCUT2D eigenvalue weighted by atomic mass is 9.82. The van der Waals surface area contributed by atoms with E-state index in [4.69, 9.17) is 14.2 Å². The van der Waals surface area contributed by atoms with E-state index in [2.05, 4.69) is 0 Å². The maximum Gasteiger partial charge on any atom is 0.338 e.